The minimum absolute atomic E-state index is 0.0417. The molecular formula is C6H4F3. The van der Waals surface area contributed by atoms with Crippen molar-refractivity contribution in [3.05, 3.63) is 6.42 Å². The van der Waals surface area contributed by atoms with E-state index in [0.29, 0.717) is 0 Å². The quantitative estimate of drug-likeness (QED) is 0.443. The summed E-state index contributed by atoms with van der Waals surface area (Å²) in [5.41, 5.74) is -1.85. The molecule has 0 aromatic heterocycles. The van der Waals surface area contributed by atoms with Gasteiger partial charge in [0.2, 0.25) is 0 Å². The van der Waals surface area contributed by atoms with Crippen molar-refractivity contribution < 1.29 is 13.2 Å². The molecule has 0 saturated heterocycles. The summed E-state index contributed by atoms with van der Waals surface area (Å²) in [6.07, 6.45) is 2.20. The average molecular weight is 133 g/mol. The fraction of sp³-hybridized carbons (Fsp3) is 0.667. The van der Waals surface area contributed by atoms with E-state index in [2.05, 4.69) is 0 Å². The van der Waals surface area contributed by atoms with Gasteiger partial charge in [0.1, 0.15) is 5.41 Å². The van der Waals surface area contributed by atoms with Crippen LogP contribution in [0.15, 0.2) is 0 Å². The van der Waals surface area contributed by atoms with Crippen LogP contribution in [0.25, 0.3) is 0 Å². The molecule has 0 N–H and O–H groups in total. The molecule has 1 fully saturated rings. The molecule has 1 rings (SSSR count). The summed E-state index contributed by atoms with van der Waals surface area (Å²) in [6, 6.07) is 0. The van der Waals surface area contributed by atoms with Gasteiger partial charge in [-0.2, -0.15) is 13.2 Å². The Morgan fingerprint density at radius 1 is 1.33 bits per heavy atom. The molecule has 9 heavy (non-hydrogen) atoms. The monoisotopic (exact) mass is 133 g/mol. The Bertz CT molecular complexity index is 156. The lowest BCUT2D eigenvalue weighted by atomic mass is 10.1. The predicted octanol–water partition coefficient (Wildman–Crippen LogP) is 1.92. The summed E-state index contributed by atoms with van der Waals surface area (Å²) in [4.78, 5) is 0. The summed E-state index contributed by atoms with van der Waals surface area (Å²) in [5, 5.41) is 0. The largest absolute Gasteiger partial charge is 0.405 e. The summed E-state index contributed by atoms with van der Waals surface area (Å²) in [6.45, 7) is 0. The molecule has 1 saturated carbocycles. The second kappa shape index (κ2) is 1.44. The molecular weight excluding hydrogens is 129 g/mol. The van der Waals surface area contributed by atoms with Gasteiger partial charge in [-0.25, -0.2) is 0 Å². The highest BCUT2D eigenvalue weighted by Gasteiger charge is 2.62. The van der Waals surface area contributed by atoms with Gasteiger partial charge in [-0.15, -0.1) is 0 Å². The summed E-state index contributed by atoms with van der Waals surface area (Å²) < 4.78 is 35.1. The highest BCUT2D eigenvalue weighted by Crippen LogP contribution is 2.56. The lowest BCUT2D eigenvalue weighted by molar-refractivity contribution is -0.168. The van der Waals surface area contributed by atoms with Gasteiger partial charge in [0, 0.05) is 0 Å². The summed E-state index contributed by atoms with van der Waals surface area (Å²) in [7, 11) is 0. The van der Waals surface area contributed by atoms with E-state index in [1.54, 1.807) is 0 Å². The third-order valence-electron chi connectivity index (χ3n) is 1.53. The van der Waals surface area contributed by atoms with Gasteiger partial charge >= 0.3 is 6.18 Å². The number of alkyl halides is 3. The van der Waals surface area contributed by atoms with Crippen LogP contribution in [-0.4, -0.2) is 6.18 Å². The zero-order chi connectivity index (χ0) is 7.12. The van der Waals surface area contributed by atoms with E-state index in [-0.39, 0.29) is 12.8 Å². The van der Waals surface area contributed by atoms with E-state index in [0.717, 1.165) is 0 Å². The molecule has 0 atom stereocenters. The van der Waals surface area contributed by atoms with Crippen LogP contribution < -0.4 is 0 Å². The number of halogens is 3. The van der Waals surface area contributed by atoms with Crippen molar-refractivity contribution in [2.24, 2.45) is 5.41 Å². The Labute approximate surface area is 51.1 Å². The zero-order valence-electron chi connectivity index (χ0n) is 4.55. The van der Waals surface area contributed by atoms with Crippen molar-refractivity contribution in [2.75, 3.05) is 0 Å². The average Bonchev–Trinajstić information content (AvgIpc) is 2.40. The molecule has 0 spiro atoms. The fourth-order valence-electron chi connectivity index (χ4n) is 0.604. The fourth-order valence-corrected chi connectivity index (χ4v) is 0.604. The molecule has 0 aromatic rings. The molecule has 0 aliphatic heterocycles. The predicted molar refractivity (Wildman–Crippen MR) is 24.9 cm³/mol. The Morgan fingerprint density at radius 2 is 1.78 bits per heavy atom. The Balaban J connectivity index is 2.75. The van der Waals surface area contributed by atoms with Crippen LogP contribution in [0.4, 0.5) is 13.2 Å². The van der Waals surface area contributed by atoms with Crippen LogP contribution >= 0.6 is 0 Å². The number of rotatable bonds is 0. The standard InChI is InChI=1S/C6H4F3/c1-2-5(3-4-5)6(7,8)9/h3-4H2. The molecule has 0 amide bonds. The molecule has 1 aliphatic carbocycles. The molecule has 1 radical (unpaired) electrons. The molecule has 0 unspecified atom stereocenters. The first-order valence-corrected chi connectivity index (χ1v) is 2.52. The van der Waals surface area contributed by atoms with Crippen molar-refractivity contribution in [3.63, 3.8) is 0 Å². The Morgan fingerprint density at radius 3 is 1.78 bits per heavy atom. The van der Waals surface area contributed by atoms with Crippen molar-refractivity contribution in [1.29, 1.82) is 0 Å². The van der Waals surface area contributed by atoms with E-state index in [1.807, 2.05) is 0 Å². The number of hydrogen-bond donors (Lipinski definition) is 0. The molecule has 49 valence electrons. The van der Waals surface area contributed by atoms with Gasteiger partial charge < -0.3 is 0 Å². The lowest BCUT2D eigenvalue weighted by Gasteiger charge is -2.10. The minimum atomic E-state index is -4.24. The van der Waals surface area contributed by atoms with Crippen LogP contribution in [0.2, 0.25) is 0 Å². The van der Waals surface area contributed by atoms with E-state index < -0.39 is 11.6 Å². The maximum Gasteiger partial charge on any atom is 0.405 e. The molecule has 1 aliphatic rings. The van der Waals surface area contributed by atoms with E-state index >= 15 is 0 Å². The second-order valence-corrected chi connectivity index (χ2v) is 2.20. The highest BCUT2D eigenvalue weighted by atomic mass is 19.4. The molecule has 0 nitrogen and oxygen atoms in total. The van der Waals surface area contributed by atoms with Crippen LogP contribution in [0.1, 0.15) is 12.8 Å². The van der Waals surface area contributed by atoms with Gasteiger partial charge in [-0.05, 0) is 19.3 Å². The zero-order valence-corrected chi connectivity index (χ0v) is 4.55. The van der Waals surface area contributed by atoms with Gasteiger partial charge in [0.05, 0.1) is 0 Å². The van der Waals surface area contributed by atoms with Gasteiger partial charge in [0.15, 0.2) is 0 Å². The first kappa shape index (κ1) is 6.47. The smallest absolute Gasteiger partial charge is 0.169 e. The SMILES string of the molecule is [C]#CC1(C(F)(F)F)CC1. The summed E-state index contributed by atoms with van der Waals surface area (Å²) >= 11 is 0. The van der Waals surface area contributed by atoms with Crippen molar-refractivity contribution in [3.8, 4) is 5.92 Å². The van der Waals surface area contributed by atoms with Crippen LogP contribution in [0, 0.1) is 17.8 Å². The van der Waals surface area contributed by atoms with Gasteiger partial charge in [-0.1, -0.05) is 5.92 Å². The molecule has 0 heterocycles. The van der Waals surface area contributed by atoms with E-state index in [9.17, 15) is 13.2 Å². The number of hydrogen-bond acceptors (Lipinski definition) is 0. The van der Waals surface area contributed by atoms with Crippen molar-refractivity contribution in [2.45, 2.75) is 19.0 Å². The normalized spacial score (nSPS) is 22.9. The lowest BCUT2D eigenvalue weighted by Crippen LogP contribution is -2.22. The van der Waals surface area contributed by atoms with Gasteiger partial charge in [-0.3, -0.25) is 0 Å². The Kier molecular flexibility index (Phi) is 1.03. The van der Waals surface area contributed by atoms with Crippen LogP contribution in [-0.2, 0) is 0 Å². The van der Waals surface area contributed by atoms with Crippen molar-refractivity contribution >= 4 is 0 Å². The Hall–Kier alpha value is -0.650. The summed E-state index contributed by atoms with van der Waals surface area (Å²) in [5.74, 6) is 1.52. The second-order valence-electron chi connectivity index (χ2n) is 2.20. The topological polar surface area (TPSA) is 0 Å². The molecule has 0 aromatic carbocycles. The molecule has 3 heteroatoms. The van der Waals surface area contributed by atoms with Crippen LogP contribution in [0.3, 0.4) is 0 Å². The van der Waals surface area contributed by atoms with Crippen LogP contribution in [0.5, 0.6) is 0 Å². The first-order valence-electron chi connectivity index (χ1n) is 2.52. The third kappa shape index (κ3) is 0.787. The molecule has 0 bridgehead atoms. The van der Waals surface area contributed by atoms with Gasteiger partial charge in [0.25, 0.3) is 0 Å². The third-order valence-corrected chi connectivity index (χ3v) is 1.53. The first-order chi connectivity index (χ1) is 4.02. The van der Waals surface area contributed by atoms with E-state index in [4.69, 9.17) is 6.42 Å². The highest BCUT2D eigenvalue weighted by molar-refractivity contribution is 5.16. The maximum atomic E-state index is 11.7. The minimum Gasteiger partial charge on any atom is -0.169 e. The van der Waals surface area contributed by atoms with Crippen molar-refractivity contribution in [1.82, 2.24) is 0 Å². The van der Waals surface area contributed by atoms with E-state index in [1.165, 1.54) is 5.92 Å². The maximum absolute atomic E-state index is 11.7.